The van der Waals surface area contributed by atoms with Gasteiger partial charge < -0.3 is 10.2 Å². The lowest BCUT2D eigenvalue weighted by Crippen LogP contribution is -2.46. The molecule has 1 fully saturated rings. The van der Waals surface area contributed by atoms with E-state index in [9.17, 15) is 9.59 Å². The quantitative estimate of drug-likeness (QED) is 0.439. The number of hydrogen-bond donors (Lipinski definition) is 1. The van der Waals surface area contributed by atoms with Crippen molar-refractivity contribution in [1.29, 1.82) is 0 Å². The molecule has 0 bridgehead atoms. The Bertz CT molecular complexity index is 198. The Balaban J connectivity index is 2.41. The molecule has 1 aliphatic rings. The number of amides is 2. The van der Waals surface area contributed by atoms with Crippen LogP contribution in [0, 0.1) is 0 Å². The van der Waals surface area contributed by atoms with Crippen molar-refractivity contribution < 1.29 is 9.59 Å². The van der Waals surface area contributed by atoms with Crippen LogP contribution in [0.5, 0.6) is 0 Å². The molecule has 1 heterocycles. The molecular formula is C6H9N3O2. The molecule has 0 aromatic rings. The van der Waals surface area contributed by atoms with Crippen LogP contribution in [0.1, 0.15) is 6.42 Å². The van der Waals surface area contributed by atoms with Crippen LogP contribution in [0.4, 0.5) is 4.79 Å². The molecule has 0 aliphatic carbocycles. The highest BCUT2D eigenvalue weighted by atomic mass is 16.2. The molecule has 0 aromatic carbocycles. The first-order chi connectivity index (χ1) is 5.34. The number of carbonyl (C=O) groups excluding carboxylic acids is 2. The summed E-state index contributed by atoms with van der Waals surface area (Å²) in [5, 5.41) is 2.64. The lowest BCUT2D eigenvalue weighted by molar-refractivity contribution is 0.188. The van der Waals surface area contributed by atoms with E-state index in [1.807, 2.05) is 0 Å². The molecule has 0 saturated carbocycles. The van der Waals surface area contributed by atoms with E-state index in [0.717, 1.165) is 6.42 Å². The van der Waals surface area contributed by atoms with Crippen LogP contribution in [-0.2, 0) is 4.79 Å². The first kappa shape index (κ1) is 7.75. The highest BCUT2D eigenvalue weighted by molar-refractivity contribution is 5.74. The van der Waals surface area contributed by atoms with Crippen LogP contribution < -0.4 is 5.32 Å². The minimum absolute atomic E-state index is 0.120. The first-order valence-corrected chi connectivity index (χ1v) is 3.41. The van der Waals surface area contributed by atoms with Crippen molar-refractivity contribution in [2.75, 3.05) is 19.8 Å². The summed E-state index contributed by atoms with van der Waals surface area (Å²) >= 11 is 0. The van der Waals surface area contributed by atoms with Crippen LogP contribution in [0.3, 0.4) is 0 Å². The highest BCUT2D eigenvalue weighted by Crippen LogP contribution is 1.97. The van der Waals surface area contributed by atoms with Gasteiger partial charge in [0, 0.05) is 13.1 Å². The summed E-state index contributed by atoms with van der Waals surface area (Å²) in [5.41, 5.74) is 0. The van der Waals surface area contributed by atoms with E-state index in [4.69, 9.17) is 0 Å². The van der Waals surface area contributed by atoms with E-state index in [1.54, 1.807) is 0 Å². The molecular weight excluding hydrogens is 146 g/mol. The van der Waals surface area contributed by atoms with Gasteiger partial charge in [-0.05, 0) is 6.42 Å². The van der Waals surface area contributed by atoms with Gasteiger partial charge in [0.1, 0.15) is 6.67 Å². The number of urea groups is 1. The van der Waals surface area contributed by atoms with Gasteiger partial charge in [-0.15, -0.1) is 0 Å². The van der Waals surface area contributed by atoms with Gasteiger partial charge in [-0.1, -0.05) is 0 Å². The molecule has 1 rings (SSSR count). The molecule has 1 N–H and O–H groups in total. The molecule has 2 amide bonds. The van der Waals surface area contributed by atoms with Gasteiger partial charge in [0.15, 0.2) is 0 Å². The summed E-state index contributed by atoms with van der Waals surface area (Å²) < 4.78 is 0. The third-order valence-corrected chi connectivity index (χ3v) is 1.47. The zero-order valence-electron chi connectivity index (χ0n) is 6.04. The van der Waals surface area contributed by atoms with Gasteiger partial charge in [0.25, 0.3) is 0 Å². The van der Waals surface area contributed by atoms with Gasteiger partial charge in [-0.3, -0.25) is 0 Å². The Kier molecular flexibility index (Phi) is 2.63. The molecule has 60 valence electrons. The van der Waals surface area contributed by atoms with Crippen molar-refractivity contribution >= 4 is 12.1 Å². The lowest BCUT2D eigenvalue weighted by Gasteiger charge is -2.24. The van der Waals surface area contributed by atoms with Gasteiger partial charge in [0.2, 0.25) is 6.08 Å². The maximum Gasteiger partial charge on any atom is 0.318 e. The SMILES string of the molecule is O=C=NCN1CCCNC1=O. The molecule has 0 radical (unpaired) electrons. The van der Waals surface area contributed by atoms with Crippen molar-refractivity contribution in [3.63, 3.8) is 0 Å². The largest absolute Gasteiger partial charge is 0.338 e. The summed E-state index contributed by atoms with van der Waals surface area (Å²) in [4.78, 5) is 25.4. The standard InChI is InChI=1S/C6H9N3O2/c10-5-7-4-9-3-1-2-8-6(9)11/h1-4H2,(H,8,11). The molecule has 1 aliphatic heterocycles. The number of carbonyl (C=O) groups is 1. The van der Waals surface area contributed by atoms with Crippen LogP contribution in [0.15, 0.2) is 4.99 Å². The normalized spacial score (nSPS) is 17.1. The monoisotopic (exact) mass is 155 g/mol. The van der Waals surface area contributed by atoms with Gasteiger partial charge in [0.05, 0.1) is 0 Å². The third-order valence-electron chi connectivity index (χ3n) is 1.47. The van der Waals surface area contributed by atoms with Crippen LogP contribution in [-0.4, -0.2) is 36.8 Å². The van der Waals surface area contributed by atoms with Crippen LogP contribution in [0.2, 0.25) is 0 Å². The summed E-state index contributed by atoms with van der Waals surface area (Å²) in [5.74, 6) is 0. The van der Waals surface area contributed by atoms with Gasteiger partial charge in [-0.2, -0.15) is 4.99 Å². The van der Waals surface area contributed by atoms with Gasteiger partial charge in [-0.25, -0.2) is 9.59 Å². The smallest absolute Gasteiger partial charge is 0.318 e. The van der Waals surface area contributed by atoms with Crippen molar-refractivity contribution in [2.45, 2.75) is 6.42 Å². The maximum absolute atomic E-state index is 10.9. The predicted molar refractivity (Wildman–Crippen MR) is 37.7 cm³/mol. The average Bonchev–Trinajstić information content (AvgIpc) is 2.03. The molecule has 0 atom stereocenters. The number of aliphatic imine (C=N–C) groups is 1. The number of rotatable bonds is 2. The zero-order chi connectivity index (χ0) is 8.10. The molecule has 11 heavy (non-hydrogen) atoms. The molecule has 0 spiro atoms. The molecule has 0 aromatic heterocycles. The highest BCUT2D eigenvalue weighted by Gasteiger charge is 2.15. The van der Waals surface area contributed by atoms with E-state index in [1.165, 1.54) is 11.0 Å². The lowest BCUT2D eigenvalue weighted by atomic mass is 10.3. The minimum atomic E-state index is -0.157. The molecule has 5 heteroatoms. The van der Waals surface area contributed by atoms with Crippen molar-refractivity contribution in [3.05, 3.63) is 0 Å². The summed E-state index contributed by atoms with van der Waals surface area (Å²) in [6, 6.07) is -0.157. The maximum atomic E-state index is 10.9. The third kappa shape index (κ3) is 2.05. The molecule has 0 unspecified atom stereocenters. The molecule has 5 nitrogen and oxygen atoms in total. The summed E-state index contributed by atoms with van der Waals surface area (Å²) in [6.45, 7) is 1.49. The van der Waals surface area contributed by atoms with Crippen molar-refractivity contribution in [3.8, 4) is 0 Å². The van der Waals surface area contributed by atoms with E-state index in [2.05, 4.69) is 10.3 Å². The van der Waals surface area contributed by atoms with E-state index < -0.39 is 0 Å². The fourth-order valence-electron chi connectivity index (χ4n) is 0.928. The topological polar surface area (TPSA) is 61.8 Å². The van der Waals surface area contributed by atoms with E-state index in [0.29, 0.717) is 13.1 Å². The van der Waals surface area contributed by atoms with Crippen LogP contribution >= 0.6 is 0 Å². The second-order valence-electron chi connectivity index (χ2n) is 2.24. The minimum Gasteiger partial charge on any atom is -0.338 e. The fraction of sp³-hybridized carbons (Fsp3) is 0.667. The number of hydrogen-bond acceptors (Lipinski definition) is 3. The first-order valence-electron chi connectivity index (χ1n) is 3.41. The van der Waals surface area contributed by atoms with Crippen molar-refractivity contribution in [2.24, 2.45) is 4.99 Å². The predicted octanol–water partition coefficient (Wildman–Crippen LogP) is -0.305. The fourth-order valence-corrected chi connectivity index (χ4v) is 0.928. The Morgan fingerprint density at radius 1 is 1.73 bits per heavy atom. The van der Waals surface area contributed by atoms with E-state index in [-0.39, 0.29) is 12.7 Å². The van der Waals surface area contributed by atoms with E-state index >= 15 is 0 Å². The molecule has 1 saturated heterocycles. The second kappa shape index (κ2) is 3.73. The Morgan fingerprint density at radius 3 is 3.18 bits per heavy atom. The number of isocyanates is 1. The average molecular weight is 155 g/mol. The number of nitrogens with zero attached hydrogens (tertiary/aromatic N) is 2. The summed E-state index contributed by atoms with van der Waals surface area (Å²) in [7, 11) is 0. The Labute approximate surface area is 64.1 Å². The van der Waals surface area contributed by atoms with Crippen molar-refractivity contribution in [1.82, 2.24) is 10.2 Å². The Hall–Kier alpha value is -1.35. The van der Waals surface area contributed by atoms with Crippen LogP contribution in [0.25, 0.3) is 0 Å². The summed E-state index contributed by atoms with van der Waals surface area (Å²) in [6.07, 6.45) is 2.29. The zero-order valence-corrected chi connectivity index (χ0v) is 6.04. The number of nitrogens with one attached hydrogen (secondary N) is 1. The second-order valence-corrected chi connectivity index (χ2v) is 2.24. The Morgan fingerprint density at radius 2 is 2.55 bits per heavy atom. The van der Waals surface area contributed by atoms with Gasteiger partial charge >= 0.3 is 6.03 Å².